The second-order valence-electron chi connectivity index (χ2n) is 4.64. The SMILES string of the molecule is CC1=C(C#N)/C(=C(\C#N)C(=N)C(C#N)C#N)OC1(C)C. The molecule has 1 rings (SSSR count). The number of allylic oxidation sites excluding steroid dienone is 2. The number of hydrogen-bond donors (Lipinski definition) is 1. The molecule has 1 aliphatic rings. The molecular weight excluding hydrogens is 254 g/mol. The second kappa shape index (κ2) is 5.27. The standard InChI is InChI=1S/C14H11N5O/c1-8-10(6-17)13(20-14(8,2)3)11(7-18)12(19)9(4-15)5-16/h9,19H,1-3H3/b13-11-,19-12?. The molecule has 98 valence electrons. The van der Waals surface area contributed by atoms with Crippen LogP contribution >= 0.6 is 0 Å². The predicted octanol–water partition coefficient (Wildman–Crippen LogP) is 2.10. The van der Waals surface area contributed by atoms with Crippen LogP contribution in [0.1, 0.15) is 20.8 Å². The Labute approximate surface area is 116 Å². The highest BCUT2D eigenvalue weighted by molar-refractivity contribution is 6.06. The highest BCUT2D eigenvalue weighted by Crippen LogP contribution is 2.39. The van der Waals surface area contributed by atoms with Crippen molar-refractivity contribution in [3.05, 3.63) is 22.5 Å². The van der Waals surface area contributed by atoms with E-state index in [-0.39, 0.29) is 16.9 Å². The Kier molecular flexibility index (Phi) is 3.94. The Bertz CT molecular complexity index is 684. The molecule has 0 fully saturated rings. The Morgan fingerprint density at radius 3 is 2.15 bits per heavy atom. The minimum atomic E-state index is -1.37. The van der Waals surface area contributed by atoms with Crippen molar-refractivity contribution in [3.8, 4) is 24.3 Å². The lowest BCUT2D eigenvalue weighted by molar-refractivity contribution is 0.0929. The molecule has 0 aromatic rings. The van der Waals surface area contributed by atoms with E-state index in [0.29, 0.717) is 5.57 Å². The molecule has 0 radical (unpaired) electrons. The van der Waals surface area contributed by atoms with Gasteiger partial charge in [0.2, 0.25) is 0 Å². The summed E-state index contributed by atoms with van der Waals surface area (Å²) < 4.78 is 5.58. The van der Waals surface area contributed by atoms with Gasteiger partial charge in [0.15, 0.2) is 11.7 Å². The zero-order chi connectivity index (χ0) is 15.5. The summed E-state index contributed by atoms with van der Waals surface area (Å²) in [4.78, 5) is 0. The maximum atomic E-state index is 9.19. The molecule has 0 amide bonds. The third kappa shape index (κ3) is 2.24. The number of nitrogens with one attached hydrogen (secondary N) is 1. The lowest BCUT2D eigenvalue weighted by Crippen LogP contribution is -2.21. The van der Waals surface area contributed by atoms with Crippen molar-refractivity contribution in [1.82, 2.24) is 0 Å². The van der Waals surface area contributed by atoms with Crippen molar-refractivity contribution in [2.45, 2.75) is 26.4 Å². The number of nitriles is 4. The van der Waals surface area contributed by atoms with E-state index in [2.05, 4.69) is 0 Å². The molecule has 6 nitrogen and oxygen atoms in total. The Morgan fingerprint density at radius 2 is 1.75 bits per heavy atom. The monoisotopic (exact) mass is 265 g/mol. The van der Waals surface area contributed by atoms with E-state index in [9.17, 15) is 10.5 Å². The van der Waals surface area contributed by atoms with Crippen LogP contribution in [0, 0.1) is 56.7 Å². The average Bonchev–Trinajstić information content (AvgIpc) is 2.62. The van der Waals surface area contributed by atoms with Gasteiger partial charge < -0.3 is 10.1 Å². The molecule has 0 saturated carbocycles. The first kappa shape index (κ1) is 15.0. The normalized spacial score (nSPS) is 18.4. The number of rotatable bonds is 2. The molecule has 6 heteroatoms. The zero-order valence-electron chi connectivity index (χ0n) is 11.3. The first-order valence-electron chi connectivity index (χ1n) is 5.67. The van der Waals surface area contributed by atoms with Gasteiger partial charge in [0.05, 0.1) is 23.4 Å². The minimum absolute atomic E-state index is 0.0296. The third-order valence-corrected chi connectivity index (χ3v) is 3.13. The van der Waals surface area contributed by atoms with Crippen molar-refractivity contribution in [3.63, 3.8) is 0 Å². The molecule has 1 aliphatic heterocycles. The minimum Gasteiger partial charge on any atom is -0.481 e. The van der Waals surface area contributed by atoms with E-state index < -0.39 is 17.2 Å². The fourth-order valence-electron chi connectivity index (χ4n) is 1.70. The van der Waals surface area contributed by atoms with Crippen LogP contribution in [0.3, 0.4) is 0 Å². The molecule has 20 heavy (non-hydrogen) atoms. The van der Waals surface area contributed by atoms with Crippen molar-refractivity contribution in [2.75, 3.05) is 0 Å². The van der Waals surface area contributed by atoms with E-state index >= 15 is 0 Å². The maximum absolute atomic E-state index is 9.19. The van der Waals surface area contributed by atoms with Gasteiger partial charge in [-0.25, -0.2) is 0 Å². The highest BCUT2D eigenvalue weighted by Gasteiger charge is 2.38. The number of hydrogen-bond acceptors (Lipinski definition) is 6. The van der Waals surface area contributed by atoms with Crippen molar-refractivity contribution < 1.29 is 4.74 Å². The van der Waals surface area contributed by atoms with Gasteiger partial charge in [0.25, 0.3) is 0 Å². The van der Waals surface area contributed by atoms with Gasteiger partial charge in [0.1, 0.15) is 23.3 Å². The fourth-order valence-corrected chi connectivity index (χ4v) is 1.70. The van der Waals surface area contributed by atoms with E-state index in [1.807, 2.05) is 6.07 Å². The quantitative estimate of drug-likeness (QED) is 0.603. The van der Waals surface area contributed by atoms with E-state index in [0.717, 1.165) is 0 Å². The summed E-state index contributed by atoms with van der Waals surface area (Å²) in [5, 5.41) is 43.8. The average molecular weight is 265 g/mol. The Morgan fingerprint density at radius 1 is 1.20 bits per heavy atom. The predicted molar refractivity (Wildman–Crippen MR) is 68.6 cm³/mol. The number of nitrogens with zero attached hydrogens (tertiary/aromatic N) is 4. The summed E-state index contributed by atoms with van der Waals surface area (Å²) in [5.74, 6) is -1.40. The molecule has 1 N–H and O–H groups in total. The Balaban J connectivity index is 3.51. The summed E-state index contributed by atoms with van der Waals surface area (Å²) in [7, 11) is 0. The Hall–Kier alpha value is -3.09. The topological polar surface area (TPSA) is 128 Å². The first-order chi connectivity index (χ1) is 9.33. The van der Waals surface area contributed by atoms with Crippen LogP contribution in [0.2, 0.25) is 0 Å². The molecule has 0 bridgehead atoms. The van der Waals surface area contributed by atoms with Crippen LogP contribution in [-0.2, 0) is 4.74 Å². The maximum Gasteiger partial charge on any atom is 0.175 e. The van der Waals surface area contributed by atoms with Crippen LogP contribution in [0.25, 0.3) is 0 Å². The molecule has 0 atom stereocenters. The molecule has 0 aromatic heterocycles. The van der Waals surface area contributed by atoms with Crippen LogP contribution < -0.4 is 0 Å². The summed E-state index contributed by atoms with van der Waals surface area (Å²) in [6, 6.07) is 6.96. The third-order valence-electron chi connectivity index (χ3n) is 3.13. The summed E-state index contributed by atoms with van der Waals surface area (Å²) in [5.41, 5.74) is -0.658. The van der Waals surface area contributed by atoms with Crippen LogP contribution in [0.4, 0.5) is 0 Å². The van der Waals surface area contributed by atoms with Crippen LogP contribution in [0.5, 0.6) is 0 Å². The zero-order valence-corrected chi connectivity index (χ0v) is 11.3. The molecule has 0 unspecified atom stereocenters. The highest BCUT2D eigenvalue weighted by atomic mass is 16.5. The molecule has 0 spiro atoms. The lowest BCUT2D eigenvalue weighted by atomic mass is 9.94. The smallest absolute Gasteiger partial charge is 0.175 e. The van der Waals surface area contributed by atoms with Crippen LogP contribution in [-0.4, -0.2) is 11.3 Å². The molecule has 0 aromatic carbocycles. The van der Waals surface area contributed by atoms with Gasteiger partial charge in [0, 0.05) is 0 Å². The van der Waals surface area contributed by atoms with E-state index in [1.54, 1.807) is 39.0 Å². The first-order valence-corrected chi connectivity index (χ1v) is 5.67. The van der Waals surface area contributed by atoms with Crippen molar-refractivity contribution in [2.24, 2.45) is 5.92 Å². The fraction of sp³-hybridized carbons (Fsp3) is 0.357. The summed E-state index contributed by atoms with van der Waals surface area (Å²) >= 11 is 0. The van der Waals surface area contributed by atoms with Crippen LogP contribution in [0.15, 0.2) is 22.5 Å². The summed E-state index contributed by atoms with van der Waals surface area (Å²) in [6.45, 7) is 5.17. The molecule has 0 saturated heterocycles. The molecular formula is C14H11N5O. The van der Waals surface area contributed by atoms with Crippen molar-refractivity contribution >= 4 is 5.71 Å². The van der Waals surface area contributed by atoms with Gasteiger partial charge in [-0.3, -0.25) is 0 Å². The molecule has 0 aliphatic carbocycles. The van der Waals surface area contributed by atoms with E-state index in [1.165, 1.54) is 0 Å². The van der Waals surface area contributed by atoms with Gasteiger partial charge in [-0.2, -0.15) is 21.0 Å². The molecule has 1 heterocycles. The largest absolute Gasteiger partial charge is 0.481 e. The van der Waals surface area contributed by atoms with Crippen molar-refractivity contribution in [1.29, 1.82) is 26.5 Å². The van der Waals surface area contributed by atoms with E-state index in [4.69, 9.17) is 20.7 Å². The van der Waals surface area contributed by atoms with Gasteiger partial charge in [-0.05, 0) is 26.3 Å². The summed E-state index contributed by atoms with van der Waals surface area (Å²) in [6.07, 6.45) is 0. The second-order valence-corrected chi connectivity index (χ2v) is 4.64. The number of ether oxygens (including phenoxy) is 1. The lowest BCUT2D eigenvalue weighted by Gasteiger charge is -2.20. The van der Waals surface area contributed by atoms with Gasteiger partial charge in [-0.1, -0.05) is 0 Å². The van der Waals surface area contributed by atoms with Gasteiger partial charge in [-0.15, -0.1) is 0 Å². The van der Waals surface area contributed by atoms with Gasteiger partial charge >= 0.3 is 0 Å².